The predicted molar refractivity (Wildman–Crippen MR) is 114 cm³/mol. The van der Waals surface area contributed by atoms with Gasteiger partial charge in [-0.25, -0.2) is 10.9 Å². The van der Waals surface area contributed by atoms with Crippen LogP contribution in [0.25, 0.3) is 0 Å². The summed E-state index contributed by atoms with van der Waals surface area (Å²) >= 11 is 6.17. The summed E-state index contributed by atoms with van der Waals surface area (Å²) in [6.07, 6.45) is 3.99. The SMILES string of the molecule is O=C(NCc1ccccc1Cl)C1CCCN(C(=O)C2CC(c3ccccn3)NN2)C1. The lowest BCUT2D eigenvalue weighted by molar-refractivity contribution is -0.137. The van der Waals surface area contributed by atoms with Crippen LogP contribution >= 0.6 is 11.6 Å². The number of nitrogens with zero attached hydrogens (tertiary/aromatic N) is 2. The van der Waals surface area contributed by atoms with Gasteiger partial charge in [0.15, 0.2) is 0 Å². The van der Waals surface area contributed by atoms with Crippen molar-refractivity contribution < 1.29 is 9.59 Å². The van der Waals surface area contributed by atoms with Crippen molar-refractivity contribution in [1.29, 1.82) is 0 Å². The molecule has 3 atom stereocenters. The van der Waals surface area contributed by atoms with Gasteiger partial charge in [-0.1, -0.05) is 35.9 Å². The van der Waals surface area contributed by atoms with Crippen LogP contribution in [-0.4, -0.2) is 40.8 Å². The number of piperidine rings is 1. The van der Waals surface area contributed by atoms with Crippen molar-refractivity contribution in [2.45, 2.75) is 37.9 Å². The quantitative estimate of drug-likeness (QED) is 0.681. The number of nitrogens with one attached hydrogen (secondary N) is 3. The van der Waals surface area contributed by atoms with E-state index in [1.807, 2.05) is 47.4 Å². The molecule has 7 nitrogen and oxygen atoms in total. The maximum absolute atomic E-state index is 13.0. The minimum Gasteiger partial charge on any atom is -0.352 e. The highest BCUT2D eigenvalue weighted by Gasteiger charge is 2.36. The van der Waals surface area contributed by atoms with Crippen LogP contribution in [0, 0.1) is 5.92 Å². The third-order valence-electron chi connectivity index (χ3n) is 5.76. The molecule has 2 aliphatic heterocycles. The number of hydrogen-bond donors (Lipinski definition) is 3. The Hall–Kier alpha value is -2.48. The van der Waals surface area contributed by atoms with Crippen LogP contribution in [-0.2, 0) is 16.1 Å². The number of likely N-dealkylation sites (tertiary alicyclic amines) is 1. The number of hydrazine groups is 1. The maximum atomic E-state index is 13.0. The number of hydrogen-bond acceptors (Lipinski definition) is 5. The molecule has 3 heterocycles. The van der Waals surface area contributed by atoms with Crippen LogP contribution in [0.3, 0.4) is 0 Å². The van der Waals surface area contributed by atoms with Crippen LogP contribution in [0.15, 0.2) is 48.7 Å². The Morgan fingerprint density at radius 3 is 2.80 bits per heavy atom. The molecule has 1 aromatic carbocycles. The van der Waals surface area contributed by atoms with Crippen molar-refractivity contribution >= 4 is 23.4 Å². The van der Waals surface area contributed by atoms with Gasteiger partial charge in [-0.15, -0.1) is 0 Å². The Morgan fingerprint density at radius 1 is 1.17 bits per heavy atom. The Kier molecular flexibility index (Phi) is 6.62. The number of aromatic nitrogens is 1. The second kappa shape index (κ2) is 9.55. The third kappa shape index (κ3) is 4.80. The highest BCUT2D eigenvalue weighted by Crippen LogP contribution is 2.24. The second-order valence-electron chi connectivity index (χ2n) is 7.82. The summed E-state index contributed by atoms with van der Waals surface area (Å²) in [6.45, 7) is 1.52. The van der Waals surface area contributed by atoms with Crippen LogP contribution in [0.4, 0.5) is 0 Å². The van der Waals surface area contributed by atoms with E-state index in [1.165, 1.54) is 0 Å². The molecule has 8 heteroatoms. The van der Waals surface area contributed by atoms with Crippen molar-refractivity contribution in [2.75, 3.05) is 13.1 Å². The van der Waals surface area contributed by atoms with Crippen LogP contribution in [0.5, 0.6) is 0 Å². The van der Waals surface area contributed by atoms with E-state index in [-0.39, 0.29) is 29.8 Å². The van der Waals surface area contributed by atoms with Gasteiger partial charge >= 0.3 is 0 Å². The molecule has 0 aliphatic carbocycles. The van der Waals surface area contributed by atoms with Gasteiger partial charge in [0.05, 0.1) is 17.7 Å². The fraction of sp³-hybridized carbons (Fsp3) is 0.409. The Labute approximate surface area is 181 Å². The smallest absolute Gasteiger partial charge is 0.241 e. The Morgan fingerprint density at radius 2 is 2.00 bits per heavy atom. The van der Waals surface area contributed by atoms with Crippen molar-refractivity contribution in [1.82, 2.24) is 26.1 Å². The number of pyridine rings is 1. The summed E-state index contributed by atoms with van der Waals surface area (Å²) < 4.78 is 0. The molecule has 1 aromatic heterocycles. The third-order valence-corrected chi connectivity index (χ3v) is 6.13. The number of halogens is 1. The molecule has 0 bridgehead atoms. The lowest BCUT2D eigenvalue weighted by atomic mass is 9.96. The summed E-state index contributed by atoms with van der Waals surface area (Å²) in [6, 6.07) is 12.9. The number of amides is 2. The monoisotopic (exact) mass is 427 g/mol. The molecule has 2 amide bonds. The van der Waals surface area contributed by atoms with E-state index >= 15 is 0 Å². The van der Waals surface area contributed by atoms with Gasteiger partial charge in [0.25, 0.3) is 0 Å². The van der Waals surface area contributed by atoms with E-state index < -0.39 is 0 Å². The van der Waals surface area contributed by atoms with Crippen molar-refractivity contribution in [2.24, 2.45) is 5.92 Å². The Bertz CT molecular complexity index is 894. The highest BCUT2D eigenvalue weighted by molar-refractivity contribution is 6.31. The Balaban J connectivity index is 1.30. The van der Waals surface area contributed by atoms with Crippen LogP contribution < -0.4 is 16.2 Å². The summed E-state index contributed by atoms with van der Waals surface area (Å²) in [4.78, 5) is 31.9. The minimum absolute atomic E-state index is 0.000318. The first-order valence-corrected chi connectivity index (χ1v) is 10.7. The molecule has 3 N–H and O–H groups in total. The molecular formula is C22H26ClN5O2. The highest BCUT2D eigenvalue weighted by atomic mass is 35.5. The molecule has 2 aromatic rings. The van der Waals surface area contributed by atoms with Crippen LogP contribution in [0.2, 0.25) is 5.02 Å². The average Bonchev–Trinajstić information content (AvgIpc) is 3.29. The first-order valence-electron chi connectivity index (χ1n) is 10.3. The normalized spacial score (nSPS) is 23.9. The van der Waals surface area contributed by atoms with Gasteiger partial charge in [0, 0.05) is 30.9 Å². The van der Waals surface area contributed by atoms with Crippen LogP contribution in [0.1, 0.15) is 36.6 Å². The molecule has 2 saturated heterocycles. The maximum Gasteiger partial charge on any atom is 0.241 e. The first kappa shape index (κ1) is 20.8. The molecule has 0 saturated carbocycles. The summed E-state index contributed by atoms with van der Waals surface area (Å²) in [5.74, 6) is -0.202. The predicted octanol–water partition coefficient (Wildman–Crippen LogP) is 2.20. The molecule has 2 aliphatic rings. The molecule has 0 radical (unpaired) electrons. The standard InChI is InChI=1S/C22H26ClN5O2/c23-17-8-2-1-6-15(17)13-25-21(29)16-7-5-11-28(14-16)22(30)20-12-19(26-27-20)18-9-3-4-10-24-18/h1-4,6,8-10,16,19-20,26-27H,5,7,11-14H2,(H,25,29). The van der Waals surface area contributed by atoms with E-state index in [1.54, 1.807) is 6.20 Å². The van der Waals surface area contributed by atoms with Gasteiger partial charge in [-0.05, 0) is 43.0 Å². The van der Waals surface area contributed by atoms with Gasteiger partial charge in [-0.2, -0.15) is 0 Å². The van der Waals surface area contributed by atoms with E-state index in [9.17, 15) is 9.59 Å². The van der Waals surface area contributed by atoms with Gasteiger partial charge in [-0.3, -0.25) is 14.6 Å². The van der Waals surface area contributed by atoms with E-state index in [0.29, 0.717) is 31.1 Å². The van der Waals surface area contributed by atoms with Gasteiger partial charge < -0.3 is 10.2 Å². The van der Waals surface area contributed by atoms with E-state index in [0.717, 1.165) is 24.1 Å². The molecule has 2 fully saturated rings. The summed E-state index contributed by atoms with van der Waals surface area (Å²) in [5, 5.41) is 3.61. The fourth-order valence-corrected chi connectivity index (χ4v) is 4.28. The summed E-state index contributed by atoms with van der Waals surface area (Å²) in [5.41, 5.74) is 8.07. The topological polar surface area (TPSA) is 86.4 Å². The lowest BCUT2D eigenvalue weighted by Gasteiger charge is -2.33. The first-order chi connectivity index (χ1) is 14.6. The molecule has 4 rings (SSSR count). The lowest BCUT2D eigenvalue weighted by Crippen LogP contribution is -2.51. The van der Waals surface area contributed by atoms with Gasteiger partial charge in [0.2, 0.25) is 11.8 Å². The summed E-state index contributed by atoms with van der Waals surface area (Å²) in [7, 11) is 0. The molecular weight excluding hydrogens is 402 g/mol. The number of carbonyl (C=O) groups is 2. The molecule has 30 heavy (non-hydrogen) atoms. The van der Waals surface area contributed by atoms with E-state index in [2.05, 4.69) is 21.2 Å². The van der Waals surface area contributed by atoms with Crippen molar-refractivity contribution in [3.63, 3.8) is 0 Å². The van der Waals surface area contributed by atoms with Crippen molar-refractivity contribution in [3.8, 4) is 0 Å². The molecule has 0 spiro atoms. The van der Waals surface area contributed by atoms with Crippen molar-refractivity contribution in [3.05, 3.63) is 64.9 Å². The van der Waals surface area contributed by atoms with E-state index in [4.69, 9.17) is 11.6 Å². The zero-order valence-corrected chi connectivity index (χ0v) is 17.4. The fourth-order valence-electron chi connectivity index (χ4n) is 4.07. The van der Waals surface area contributed by atoms with Gasteiger partial charge in [0.1, 0.15) is 6.04 Å². The largest absolute Gasteiger partial charge is 0.352 e. The number of benzene rings is 1. The molecule has 158 valence electrons. The zero-order chi connectivity index (χ0) is 20.9. The average molecular weight is 428 g/mol. The minimum atomic E-state index is -0.318. The molecule has 3 unspecified atom stereocenters. The second-order valence-corrected chi connectivity index (χ2v) is 8.22. The number of rotatable bonds is 5. The number of carbonyl (C=O) groups excluding carboxylic acids is 2. The zero-order valence-electron chi connectivity index (χ0n) is 16.7.